The summed E-state index contributed by atoms with van der Waals surface area (Å²) in [6.07, 6.45) is 0. The average Bonchev–Trinajstić information content (AvgIpc) is 2.80. The second-order valence-electron chi connectivity index (χ2n) is 5.76. The van der Waals surface area contributed by atoms with Crippen LogP contribution < -0.4 is 20.7 Å². The highest BCUT2D eigenvalue weighted by atomic mass is 31.2. The SMILES string of the molecule is COc1ccc2c(c1)P(=O)(OC)N(CCNc1ccccc1)CCN2. The van der Waals surface area contributed by atoms with Crippen LogP contribution in [-0.4, -0.2) is 45.1 Å². The van der Waals surface area contributed by atoms with Gasteiger partial charge in [-0.1, -0.05) is 18.2 Å². The van der Waals surface area contributed by atoms with E-state index < -0.39 is 7.52 Å². The summed E-state index contributed by atoms with van der Waals surface area (Å²) >= 11 is 0. The van der Waals surface area contributed by atoms with Crippen LogP contribution in [0.15, 0.2) is 48.5 Å². The minimum absolute atomic E-state index is 0.609. The number of benzene rings is 2. The van der Waals surface area contributed by atoms with Crippen LogP contribution in [-0.2, 0) is 9.09 Å². The van der Waals surface area contributed by atoms with Crippen molar-refractivity contribution >= 4 is 24.2 Å². The number of fused-ring (bicyclic) bond motifs is 1. The van der Waals surface area contributed by atoms with E-state index in [1.54, 1.807) is 13.2 Å². The highest BCUT2D eigenvalue weighted by Gasteiger charge is 2.37. The maximum atomic E-state index is 13.7. The fourth-order valence-electron chi connectivity index (χ4n) is 2.97. The molecular weight excluding hydrogens is 337 g/mol. The van der Waals surface area contributed by atoms with Crippen molar-refractivity contribution in [3.05, 3.63) is 48.5 Å². The Hall–Kier alpha value is -2.01. The van der Waals surface area contributed by atoms with Crippen LogP contribution in [0.5, 0.6) is 5.75 Å². The van der Waals surface area contributed by atoms with Crippen LogP contribution in [0.25, 0.3) is 0 Å². The van der Waals surface area contributed by atoms with Crippen molar-refractivity contribution in [2.45, 2.75) is 0 Å². The number of hydrogen-bond donors (Lipinski definition) is 2. The van der Waals surface area contributed by atoms with Gasteiger partial charge in [0.2, 0.25) is 0 Å². The molecular formula is C18H24N3O3P. The highest BCUT2D eigenvalue weighted by Crippen LogP contribution is 2.51. The molecule has 0 aliphatic carbocycles. The zero-order chi connectivity index (χ0) is 17.7. The van der Waals surface area contributed by atoms with Crippen molar-refractivity contribution in [1.29, 1.82) is 0 Å². The van der Waals surface area contributed by atoms with Gasteiger partial charge < -0.3 is 19.9 Å². The third kappa shape index (κ3) is 3.82. The van der Waals surface area contributed by atoms with Crippen molar-refractivity contribution < 1.29 is 13.8 Å². The maximum absolute atomic E-state index is 13.7. The molecule has 0 fully saturated rings. The molecule has 1 atom stereocenters. The van der Waals surface area contributed by atoms with Crippen LogP contribution in [0.4, 0.5) is 11.4 Å². The van der Waals surface area contributed by atoms with E-state index in [9.17, 15) is 4.57 Å². The predicted molar refractivity (Wildman–Crippen MR) is 102 cm³/mol. The molecule has 0 radical (unpaired) electrons. The summed E-state index contributed by atoms with van der Waals surface area (Å²) in [5.74, 6) is 0.669. The van der Waals surface area contributed by atoms with E-state index in [0.29, 0.717) is 37.2 Å². The van der Waals surface area contributed by atoms with E-state index in [1.165, 1.54) is 7.11 Å². The average molecular weight is 361 g/mol. The standard InChI is InChI=1S/C18H24N3O3P/c1-23-16-8-9-17-18(14-16)25(22,24-2)21(13-11-20-17)12-10-19-15-6-4-3-5-7-15/h3-9,14,19-20H,10-13H2,1-2H3. The Kier molecular flexibility index (Phi) is 5.63. The molecule has 3 rings (SSSR count). The summed E-state index contributed by atoms with van der Waals surface area (Å²) in [5.41, 5.74) is 1.88. The first kappa shape index (κ1) is 17.8. The Morgan fingerprint density at radius 2 is 2.00 bits per heavy atom. The first-order valence-corrected chi connectivity index (χ1v) is 9.88. The van der Waals surface area contributed by atoms with E-state index in [1.807, 2.05) is 47.1 Å². The fraction of sp³-hybridized carbons (Fsp3) is 0.333. The Morgan fingerprint density at radius 3 is 2.72 bits per heavy atom. The van der Waals surface area contributed by atoms with Gasteiger partial charge in [-0.3, -0.25) is 4.57 Å². The summed E-state index contributed by atoms with van der Waals surface area (Å²) in [4.78, 5) is 0. The van der Waals surface area contributed by atoms with Crippen molar-refractivity contribution in [3.8, 4) is 5.75 Å². The third-order valence-corrected chi connectivity index (χ3v) is 6.91. The number of methoxy groups -OCH3 is 1. The number of ether oxygens (including phenoxy) is 1. The van der Waals surface area contributed by atoms with Gasteiger partial charge in [0.1, 0.15) is 5.75 Å². The normalized spacial score (nSPS) is 20.2. The van der Waals surface area contributed by atoms with Crippen LogP contribution in [0.1, 0.15) is 0 Å². The molecule has 0 saturated heterocycles. The molecule has 1 heterocycles. The first-order valence-electron chi connectivity index (χ1n) is 8.30. The lowest BCUT2D eigenvalue weighted by Crippen LogP contribution is -2.32. The summed E-state index contributed by atoms with van der Waals surface area (Å²) in [7, 11) is -0.0392. The summed E-state index contributed by atoms with van der Waals surface area (Å²) in [5, 5.41) is 7.35. The lowest BCUT2D eigenvalue weighted by Gasteiger charge is -2.29. The van der Waals surface area contributed by atoms with E-state index in [0.717, 1.165) is 11.4 Å². The van der Waals surface area contributed by atoms with Crippen molar-refractivity contribution in [1.82, 2.24) is 4.67 Å². The van der Waals surface area contributed by atoms with Crippen molar-refractivity contribution in [2.75, 3.05) is 51.0 Å². The van der Waals surface area contributed by atoms with Crippen LogP contribution >= 0.6 is 7.52 Å². The number of hydrogen-bond acceptors (Lipinski definition) is 5. The van der Waals surface area contributed by atoms with Gasteiger partial charge >= 0.3 is 7.52 Å². The zero-order valence-corrected chi connectivity index (χ0v) is 15.5. The minimum atomic E-state index is -3.15. The summed E-state index contributed by atoms with van der Waals surface area (Å²) < 4.78 is 26.4. The van der Waals surface area contributed by atoms with E-state index in [2.05, 4.69) is 10.6 Å². The Balaban J connectivity index is 1.80. The van der Waals surface area contributed by atoms with Gasteiger partial charge in [-0.25, -0.2) is 4.67 Å². The quantitative estimate of drug-likeness (QED) is 0.772. The number of nitrogens with one attached hydrogen (secondary N) is 2. The van der Waals surface area contributed by atoms with E-state index in [4.69, 9.17) is 9.26 Å². The molecule has 0 bridgehead atoms. The molecule has 2 aromatic carbocycles. The van der Waals surface area contributed by atoms with Gasteiger partial charge in [0, 0.05) is 44.7 Å². The second-order valence-corrected chi connectivity index (χ2v) is 8.21. The molecule has 1 aliphatic heterocycles. The highest BCUT2D eigenvalue weighted by molar-refractivity contribution is 7.65. The number of anilines is 2. The number of para-hydroxylation sites is 1. The van der Waals surface area contributed by atoms with Gasteiger partial charge in [0.15, 0.2) is 0 Å². The van der Waals surface area contributed by atoms with Gasteiger partial charge in [-0.05, 0) is 30.3 Å². The molecule has 6 nitrogen and oxygen atoms in total. The first-order chi connectivity index (χ1) is 12.2. The van der Waals surface area contributed by atoms with Crippen molar-refractivity contribution in [2.24, 2.45) is 0 Å². The number of nitrogens with zero attached hydrogens (tertiary/aromatic N) is 1. The molecule has 0 saturated carbocycles. The van der Waals surface area contributed by atoms with E-state index >= 15 is 0 Å². The van der Waals surface area contributed by atoms with Gasteiger partial charge in [-0.15, -0.1) is 0 Å². The maximum Gasteiger partial charge on any atom is 0.304 e. The summed E-state index contributed by atoms with van der Waals surface area (Å²) in [6, 6.07) is 15.5. The van der Waals surface area contributed by atoms with Gasteiger partial charge in [0.25, 0.3) is 0 Å². The summed E-state index contributed by atoms with van der Waals surface area (Å²) in [6.45, 7) is 2.63. The van der Waals surface area contributed by atoms with Crippen LogP contribution in [0, 0.1) is 0 Å². The Labute approximate surface area is 148 Å². The second kappa shape index (κ2) is 7.91. The molecule has 2 aromatic rings. The molecule has 1 aliphatic rings. The minimum Gasteiger partial charge on any atom is -0.497 e. The molecule has 2 N–H and O–H groups in total. The molecule has 0 aromatic heterocycles. The molecule has 1 unspecified atom stereocenters. The lowest BCUT2D eigenvalue weighted by molar-refractivity contribution is 0.325. The third-order valence-electron chi connectivity index (χ3n) is 4.29. The smallest absolute Gasteiger partial charge is 0.304 e. The van der Waals surface area contributed by atoms with Gasteiger partial charge in [-0.2, -0.15) is 0 Å². The molecule has 25 heavy (non-hydrogen) atoms. The zero-order valence-electron chi connectivity index (χ0n) is 14.6. The Bertz CT molecular complexity index is 754. The monoisotopic (exact) mass is 361 g/mol. The van der Waals surface area contributed by atoms with E-state index in [-0.39, 0.29) is 0 Å². The molecule has 134 valence electrons. The molecule has 7 heteroatoms. The Morgan fingerprint density at radius 1 is 1.20 bits per heavy atom. The van der Waals surface area contributed by atoms with Crippen molar-refractivity contribution in [3.63, 3.8) is 0 Å². The number of rotatable bonds is 6. The predicted octanol–water partition coefficient (Wildman–Crippen LogP) is 3.00. The van der Waals surface area contributed by atoms with Crippen LogP contribution in [0.2, 0.25) is 0 Å². The molecule has 0 spiro atoms. The molecule has 0 amide bonds. The topological polar surface area (TPSA) is 62.8 Å². The lowest BCUT2D eigenvalue weighted by atomic mass is 10.3. The van der Waals surface area contributed by atoms with Gasteiger partial charge in [0.05, 0.1) is 12.4 Å². The fourth-order valence-corrected chi connectivity index (χ4v) is 5.18. The van der Waals surface area contributed by atoms with Crippen LogP contribution in [0.3, 0.4) is 0 Å². The largest absolute Gasteiger partial charge is 0.497 e.